The molecular weight excluding hydrogens is 1310 g/mol. The molecule has 1 unspecified atom stereocenters. The van der Waals surface area contributed by atoms with Crippen molar-refractivity contribution < 1.29 is 72.5 Å². The Bertz CT molecular complexity index is 3270. The first-order valence-electron chi connectivity index (χ1n) is 36.4. The lowest BCUT2D eigenvalue weighted by atomic mass is 9.80. The molecule has 5 fully saturated rings. The predicted molar refractivity (Wildman–Crippen MR) is 380 cm³/mol. The standard InChI is InChI=1S/C73H110N14O15/c1-46-15-11-10-12-16-48(3)60(97-8)39-55-20-18-52(7)73(96,102-55)67(92)68(93)87-23-14-13-17-58(87)69(94)100-61(40-57(81-82-75)49(4)36-51(6)65(90)66(91)64(89)50(5)35-46)56(74)37-53-19-21-59(62(38-53)98-9)101-72(95)80-45-54-43-78-71(79-44-54)86-30-28-84(29-31-86)63(88)22-33-99-34-32-83-24-26-85(27-25-83)70-76-41-47(2)42-77-70/h10-12,15-16,36,41-44,46,49-50,52-53,55-62,65-66,90-91,96H,13-14,17-35,37-40,45,74H2,1-9H3,(H,80,95)/b12-10+,15-11+,48-16+,51-36+/t46-,49-,50-,52-,53+,55+,56-,57?,58+,59-,60+,61+,62-,65-,66+,73-/m1/s1. The Balaban J connectivity index is 0.863. The number of hydrogen-bond donors (Lipinski definition) is 5. The number of amides is 3. The fourth-order valence-corrected chi connectivity index (χ4v) is 14.6. The van der Waals surface area contributed by atoms with Gasteiger partial charge in [0.1, 0.15) is 30.5 Å². The van der Waals surface area contributed by atoms with E-state index in [1.807, 2.05) is 73.3 Å². The molecule has 2 aromatic rings. The van der Waals surface area contributed by atoms with Crippen LogP contribution in [0, 0.1) is 36.5 Å². The number of rotatable bonds is 17. The largest absolute Gasteiger partial charge is 0.459 e. The van der Waals surface area contributed by atoms with Crippen LogP contribution in [0.4, 0.5) is 16.7 Å². The number of fused-ring (bicyclic) bond motifs is 3. The summed E-state index contributed by atoms with van der Waals surface area (Å²) in [5.74, 6) is -7.24. The molecule has 16 atom stereocenters. The van der Waals surface area contributed by atoms with Crippen molar-refractivity contribution in [3.63, 3.8) is 0 Å². The average molecular weight is 1420 g/mol. The number of piperidine rings is 1. The van der Waals surface area contributed by atoms with E-state index in [0.717, 1.165) is 54.7 Å². The number of carbonyl (C=O) groups is 6. The second-order valence-electron chi connectivity index (χ2n) is 28.7. The first-order chi connectivity index (χ1) is 48.9. The van der Waals surface area contributed by atoms with E-state index in [9.17, 15) is 49.6 Å². The monoisotopic (exact) mass is 1420 g/mol. The Morgan fingerprint density at radius 1 is 0.784 bits per heavy atom. The van der Waals surface area contributed by atoms with Crippen LogP contribution in [0.25, 0.3) is 10.4 Å². The summed E-state index contributed by atoms with van der Waals surface area (Å²) in [7, 11) is 3.08. The SMILES string of the molecule is CO[C@H]1C[C@@H]2CC[C@@H](C)[C@@](O)(O2)C(=O)C(=O)N2CCCC[C@H]2C(=O)O[C@H]([C@H](N)C[C@@H]2CC[C@@H](OC(=O)NCc3cnc(N4CCN(C(=O)CCOCCN5CCN(c6ncc(C)cn6)CC5)CC4)nc3)[C@H](OC)C2)CC(N=[N+]=[N-])[C@H](C)/C=C(\C)[C@@H](O)[C@@H](O)C(=O)[C@H](C)C[C@H](C)/C=C/C=C/C=C/1C. The van der Waals surface area contributed by atoms with E-state index in [0.29, 0.717) is 109 Å². The number of allylic oxidation sites excluding steroid dienone is 5. The summed E-state index contributed by atoms with van der Waals surface area (Å²) in [6, 6.07) is -3.18. The number of nitrogens with one attached hydrogen (secondary N) is 1. The Morgan fingerprint density at radius 3 is 2.15 bits per heavy atom. The van der Waals surface area contributed by atoms with Crippen molar-refractivity contribution in [2.75, 3.05) is 103 Å². The summed E-state index contributed by atoms with van der Waals surface area (Å²) in [6.45, 7) is 19.8. The van der Waals surface area contributed by atoms with E-state index in [-0.39, 0.29) is 62.1 Å². The fraction of sp³-hybridized carbons (Fsp3) is 0.699. The zero-order valence-electron chi connectivity index (χ0n) is 61.0. The molecular formula is C73H110N14O15. The van der Waals surface area contributed by atoms with Gasteiger partial charge in [-0.25, -0.2) is 29.5 Å². The van der Waals surface area contributed by atoms with Crippen LogP contribution in [-0.2, 0) is 58.9 Å². The molecule has 6 N–H and O–H groups in total. The van der Waals surface area contributed by atoms with Crippen molar-refractivity contribution in [3.05, 3.63) is 94.0 Å². The van der Waals surface area contributed by atoms with E-state index in [4.69, 9.17) is 34.2 Å². The zero-order chi connectivity index (χ0) is 73.6. The second kappa shape index (κ2) is 39.0. The van der Waals surface area contributed by atoms with Gasteiger partial charge in [0.25, 0.3) is 11.7 Å². The molecule has 102 heavy (non-hydrogen) atoms. The number of methoxy groups -OCH3 is 2. The van der Waals surface area contributed by atoms with Gasteiger partial charge in [-0.3, -0.25) is 24.1 Å². The van der Waals surface area contributed by atoms with Crippen molar-refractivity contribution >= 4 is 47.3 Å². The van der Waals surface area contributed by atoms with Gasteiger partial charge < -0.3 is 74.4 Å². The van der Waals surface area contributed by atoms with Crippen LogP contribution in [-0.4, -0.2) is 245 Å². The number of azide groups is 1. The highest BCUT2D eigenvalue weighted by Crippen LogP contribution is 2.38. The Hall–Kier alpha value is -7.31. The number of aryl methyl sites for hydroxylation is 1. The number of Topliss-reactive ketones (excluding diaryl/α,β-unsaturated/α-hetero) is 2. The molecule has 1 saturated carbocycles. The van der Waals surface area contributed by atoms with Crippen molar-refractivity contribution in [1.29, 1.82) is 0 Å². The fourth-order valence-electron chi connectivity index (χ4n) is 14.6. The molecule has 5 aliphatic heterocycles. The zero-order valence-corrected chi connectivity index (χ0v) is 61.0. The van der Waals surface area contributed by atoms with Crippen LogP contribution in [0.1, 0.15) is 136 Å². The maximum absolute atomic E-state index is 14.8. The van der Waals surface area contributed by atoms with Gasteiger partial charge in [-0.2, -0.15) is 0 Å². The topological polar surface area (TPSA) is 373 Å². The molecule has 0 spiro atoms. The Kier molecular flexibility index (Phi) is 30.7. The molecule has 0 aromatic carbocycles. The summed E-state index contributed by atoms with van der Waals surface area (Å²) in [5.41, 5.74) is 19.9. The molecule has 7 heterocycles. The van der Waals surface area contributed by atoms with Gasteiger partial charge in [-0.05, 0) is 131 Å². The number of cyclic esters (lactones) is 1. The highest BCUT2D eigenvalue weighted by atomic mass is 16.6. The number of ketones is 2. The second-order valence-corrected chi connectivity index (χ2v) is 28.7. The third-order valence-electron chi connectivity index (χ3n) is 21.1. The predicted octanol–water partition coefficient (Wildman–Crippen LogP) is 6.03. The van der Waals surface area contributed by atoms with Gasteiger partial charge in [0.2, 0.25) is 23.6 Å². The number of aromatic nitrogens is 4. The number of aliphatic hydroxyl groups is 3. The molecule has 4 saturated heterocycles. The number of aliphatic hydroxyl groups excluding tert-OH is 2. The first kappa shape index (κ1) is 80.4. The van der Waals surface area contributed by atoms with E-state index in [1.54, 1.807) is 53.3 Å². The van der Waals surface area contributed by atoms with Crippen molar-refractivity contribution in [3.8, 4) is 0 Å². The molecule has 2 aromatic heterocycles. The van der Waals surface area contributed by atoms with E-state index in [1.165, 1.54) is 7.11 Å². The van der Waals surface area contributed by atoms with Gasteiger partial charge in [0.05, 0.1) is 37.9 Å². The third-order valence-corrected chi connectivity index (χ3v) is 21.1. The number of ether oxygens (including phenoxy) is 6. The number of carbonyl (C=O) groups excluding carboxylic acids is 6. The van der Waals surface area contributed by atoms with Crippen molar-refractivity contribution in [1.82, 2.24) is 40.0 Å². The Labute approximate surface area is 599 Å². The van der Waals surface area contributed by atoms with Crippen LogP contribution in [0.5, 0.6) is 0 Å². The van der Waals surface area contributed by atoms with Gasteiger partial charge in [-0.1, -0.05) is 69.3 Å². The number of esters is 1. The molecule has 29 heteroatoms. The maximum Gasteiger partial charge on any atom is 0.407 e. The van der Waals surface area contributed by atoms with Crippen molar-refractivity contribution in [2.24, 2.45) is 40.4 Å². The third kappa shape index (κ3) is 22.4. The molecule has 8 rings (SSSR count). The lowest BCUT2D eigenvalue weighted by Crippen LogP contribution is -2.61. The number of hydrogen-bond acceptors (Lipinski definition) is 24. The van der Waals surface area contributed by atoms with Crippen molar-refractivity contribution in [2.45, 2.75) is 205 Å². The normalized spacial score (nSPS) is 32.5. The molecule has 29 nitrogen and oxygen atoms in total. The van der Waals surface area contributed by atoms with Crippen LogP contribution in [0.3, 0.4) is 0 Å². The van der Waals surface area contributed by atoms with E-state index in [2.05, 4.69) is 45.1 Å². The Morgan fingerprint density at radius 2 is 1.47 bits per heavy atom. The number of piperazine rings is 2. The minimum Gasteiger partial charge on any atom is -0.459 e. The van der Waals surface area contributed by atoms with Crippen LogP contribution in [0.15, 0.2) is 77.5 Å². The number of nitrogens with two attached hydrogens (primary N) is 1. The van der Waals surface area contributed by atoms with Crippen LogP contribution < -0.4 is 20.9 Å². The van der Waals surface area contributed by atoms with Gasteiger partial charge in [0.15, 0.2) is 5.78 Å². The van der Waals surface area contributed by atoms with E-state index >= 15 is 0 Å². The molecule has 0 radical (unpaired) electrons. The van der Waals surface area contributed by atoms with Gasteiger partial charge in [-0.15, -0.1) is 0 Å². The number of alkyl carbamates (subject to hydrolysis) is 1. The summed E-state index contributed by atoms with van der Waals surface area (Å²) >= 11 is 0. The molecule has 6 aliphatic rings. The molecule has 562 valence electrons. The van der Waals surface area contributed by atoms with E-state index < -0.39 is 114 Å². The lowest BCUT2D eigenvalue weighted by molar-refractivity contribution is -0.265. The molecule has 2 bridgehead atoms. The van der Waals surface area contributed by atoms with Crippen LogP contribution >= 0.6 is 0 Å². The minimum absolute atomic E-state index is 0.00377. The minimum atomic E-state index is -2.51. The van der Waals surface area contributed by atoms with Gasteiger partial charge in [0, 0.05) is 152 Å². The van der Waals surface area contributed by atoms with Crippen LogP contribution in [0.2, 0.25) is 0 Å². The molecule has 3 amide bonds. The smallest absolute Gasteiger partial charge is 0.407 e. The van der Waals surface area contributed by atoms with Gasteiger partial charge >= 0.3 is 12.1 Å². The summed E-state index contributed by atoms with van der Waals surface area (Å²) in [5, 5.41) is 41.8. The average Bonchev–Trinajstić information content (AvgIpc) is 0.772. The summed E-state index contributed by atoms with van der Waals surface area (Å²) in [6.07, 6.45) is 14.6. The maximum atomic E-state index is 14.8. The highest BCUT2D eigenvalue weighted by molar-refractivity contribution is 6.39. The molecule has 1 aliphatic carbocycles. The number of nitrogens with zero attached hydrogens (tertiary/aromatic N) is 12. The quantitative estimate of drug-likeness (QED) is 0.0229. The highest BCUT2D eigenvalue weighted by Gasteiger charge is 2.53. The summed E-state index contributed by atoms with van der Waals surface area (Å²) < 4.78 is 36.2. The summed E-state index contributed by atoms with van der Waals surface area (Å²) in [4.78, 5) is 115. The lowest BCUT2D eigenvalue weighted by Gasteiger charge is -2.43. The first-order valence-corrected chi connectivity index (χ1v) is 36.4. The number of anilines is 2.